The van der Waals surface area contributed by atoms with Gasteiger partial charge in [-0.15, -0.1) is 11.3 Å². The Hall–Kier alpha value is -1.61. The summed E-state index contributed by atoms with van der Waals surface area (Å²) in [4.78, 5) is 15.2. The molecule has 1 aromatic heterocycles. The van der Waals surface area contributed by atoms with Crippen molar-refractivity contribution in [1.82, 2.24) is 4.90 Å². The molecule has 0 N–H and O–H groups in total. The smallest absolute Gasteiger partial charge is 0.254 e. The molecule has 0 unspecified atom stereocenters. The van der Waals surface area contributed by atoms with E-state index in [1.165, 1.54) is 4.88 Å². The van der Waals surface area contributed by atoms with Crippen LogP contribution >= 0.6 is 11.3 Å². The van der Waals surface area contributed by atoms with Gasteiger partial charge >= 0.3 is 0 Å². The maximum absolute atomic E-state index is 12.1. The van der Waals surface area contributed by atoms with E-state index in [1.54, 1.807) is 11.3 Å². The lowest BCUT2D eigenvalue weighted by atomic mass is 10.1. The SMILES string of the molecule is O=C1c2ccccc2CN1Cc1cccs1. The molecule has 0 saturated heterocycles. The normalized spacial score (nSPS) is 14.2. The lowest BCUT2D eigenvalue weighted by Gasteiger charge is -2.13. The summed E-state index contributed by atoms with van der Waals surface area (Å²) in [5, 5.41) is 2.04. The summed E-state index contributed by atoms with van der Waals surface area (Å²) in [5.41, 5.74) is 2.00. The van der Waals surface area contributed by atoms with Gasteiger partial charge in [0, 0.05) is 17.0 Å². The number of amides is 1. The summed E-state index contributed by atoms with van der Waals surface area (Å²) >= 11 is 1.70. The van der Waals surface area contributed by atoms with Crippen molar-refractivity contribution in [2.75, 3.05) is 0 Å². The molecule has 0 bridgehead atoms. The molecule has 1 aliphatic heterocycles. The molecule has 0 saturated carbocycles. The molecule has 2 aromatic rings. The number of hydrogen-bond acceptors (Lipinski definition) is 2. The maximum Gasteiger partial charge on any atom is 0.254 e. The van der Waals surface area contributed by atoms with Crippen LogP contribution in [0.25, 0.3) is 0 Å². The van der Waals surface area contributed by atoms with Gasteiger partial charge < -0.3 is 4.90 Å². The van der Waals surface area contributed by atoms with Crippen molar-refractivity contribution < 1.29 is 4.79 Å². The third kappa shape index (κ3) is 1.53. The molecular weight excluding hydrogens is 218 g/mol. The largest absolute Gasteiger partial charge is 0.329 e. The molecular formula is C13H11NOS. The van der Waals surface area contributed by atoms with Crippen LogP contribution in [0.5, 0.6) is 0 Å². The molecule has 1 aliphatic rings. The van der Waals surface area contributed by atoms with Crippen LogP contribution < -0.4 is 0 Å². The van der Waals surface area contributed by atoms with Crippen molar-refractivity contribution in [3.05, 3.63) is 57.8 Å². The van der Waals surface area contributed by atoms with E-state index < -0.39 is 0 Å². The molecule has 0 aliphatic carbocycles. The van der Waals surface area contributed by atoms with Crippen molar-refractivity contribution in [2.24, 2.45) is 0 Å². The molecule has 2 nitrogen and oxygen atoms in total. The maximum atomic E-state index is 12.1. The topological polar surface area (TPSA) is 20.3 Å². The Morgan fingerprint density at radius 2 is 2.06 bits per heavy atom. The predicted molar refractivity (Wildman–Crippen MR) is 64.3 cm³/mol. The summed E-state index contributed by atoms with van der Waals surface area (Å²) in [6.07, 6.45) is 0. The van der Waals surface area contributed by atoms with Gasteiger partial charge in [-0.1, -0.05) is 24.3 Å². The van der Waals surface area contributed by atoms with Gasteiger partial charge in [0.05, 0.1) is 6.54 Å². The van der Waals surface area contributed by atoms with E-state index >= 15 is 0 Å². The van der Waals surface area contributed by atoms with Crippen LogP contribution in [0.1, 0.15) is 20.8 Å². The Bertz CT molecular complexity index is 516. The van der Waals surface area contributed by atoms with Gasteiger partial charge in [-0.2, -0.15) is 0 Å². The monoisotopic (exact) mass is 229 g/mol. The second-order valence-corrected chi connectivity index (χ2v) is 4.93. The highest BCUT2D eigenvalue weighted by Gasteiger charge is 2.26. The summed E-state index contributed by atoms with van der Waals surface area (Å²) in [6.45, 7) is 1.47. The zero-order valence-electron chi connectivity index (χ0n) is 8.72. The Balaban J connectivity index is 1.85. The third-order valence-electron chi connectivity index (χ3n) is 2.82. The summed E-state index contributed by atoms with van der Waals surface area (Å²) < 4.78 is 0. The van der Waals surface area contributed by atoms with Crippen LogP contribution in [0.15, 0.2) is 41.8 Å². The fraction of sp³-hybridized carbons (Fsp3) is 0.154. The zero-order chi connectivity index (χ0) is 11.0. The molecule has 1 amide bonds. The van der Waals surface area contributed by atoms with Crippen LogP contribution in [0.2, 0.25) is 0 Å². The first-order chi connectivity index (χ1) is 7.84. The van der Waals surface area contributed by atoms with E-state index in [9.17, 15) is 4.79 Å². The Morgan fingerprint density at radius 3 is 2.81 bits per heavy atom. The van der Waals surface area contributed by atoms with Crippen LogP contribution in [-0.2, 0) is 13.1 Å². The fourth-order valence-corrected chi connectivity index (χ4v) is 2.75. The molecule has 2 heterocycles. The van der Waals surface area contributed by atoms with E-state index in [2.05, 4.69) is 6.07 Å². The van der Waals surface area contributed by atoms with Gasteiger partial charge in [0.25, 0.3) is 5.91 Å². The number of hydrogen-bond donors (Lipinski definition) is 0. The van der Waals surface area contributed by atoms with E-state index in [0.29, 0.717) is 0 Å². The van der Waals surface area contributed by atoms with Crippen LogP contribution in [0, 0.1) is 0 Å². The van der Waals surface area contributed by atoms with Crippen LogP contribution in [0.4, 0.5) is 0 Å². The highest BCUT2D eigenvalue weighted by molar-refractivity contribution is 7.09. The zero-order valence-corrected chi connectivity index (χ0v) is 9.54. The molecule has 80 valence electrons. The number of nitrogens with zero attached hydrogens (tertiary/aromatic N) is 1. The minimum atomic E-state index is 0.156. The molecule has 3 heteroatoms. The molecule has 16 heavy (non-hydrogen) atoms. The molecule has 1 aromatic carbocycles. The van der Waals surface area contributed by atoms with Crippen LogP contribution in [-0.4, -0.2) is 10.8 Å². The van der Waals surface area contributed by atoms with Gasteiger partial charge in [0.1, 0.15) is 0 Å². The number of carbonyl (C=O) groups is 1. The van der Waals surface area contributed by atoms with E-state index in [0.717, 1.165) is 24.2 Å². The van der Waals surface area contributed by atoms with Gasteiger partial charge in [-0.25, -0.2) is 0 Å². The number of fused-ring (bicyclic) bond motifs is 1. The second-order valence-electron chi connectivity index (χ2n) is 3.90. The third-order valence-corrected chi connectivity index (χ3v) is 3.68. The molecule has 0 spiro atoms. The van der Waals surface area contributed by atoms with Crippen molar-refractivity contribution >= 4 is 17.2 Å². The lowest BCUT2D eigenvalue weighted by Crippen LogP contribution is -2.22. The first-order valence-electron chi connectivity index (χ1n) is 5.24. The predicted octanol–water partition coefficient (Wildman–Crippen LogP) is 2.90. The number of thiophene rings is 1. The molecule has 0 fully saturated rings. The first kappa shape index (κ1) is 9.60. The first-order valence-corrected chi connectivity index (χ1v) is 6.12. The fourth-order valence-electron chi connectivity index (χ4n) is 2.03. The number of carbonyl (C=O) groups excluding carboxylic acids is 1. The minimum absolute atomic E-state index is 0.156. The summed E-state index contributed by atoms with van der Waals surface area (Å²) in [6, 6.07) is 11.9. The highest BCUT2D eigenvalue weighted by atomic mass is 32.1. The Kier molecular flexibility index (Phi) is 2.26. The van der Waals surface area contributed by atoms with Gasteiger partial charge in [0.15, 0.2) is 0 Å². The van der Waals surface area contributed by atoms with Gasteiger partial charge in [-0.3, -0.25) is 4.79 Å². The quantitative estimate of drug-likeness (QED) is 0.775. The number of rotatable bonds is 2. The minimum Gasteiger partial charge on any atom is -0.329 e. The summed E-state index contributed by atoms with van der Waals surface area (Å²) in [7, 11) is 0. The Labute approximate surface area is 98.1 Å². The number of benzene rings is 1. The second kappa shape index (κ2) is 3.76. The van der Waals surface area contributed by atoms with Crippen molar-refractivity contribution in [3.63, 3.8) is 0 Å². The van der Waals surface area contributed by atoms with Crippen molar-refractivity contribution in [3.8, 4) is 0 Å². The van der Waals surface area contributed by atoms with Crippen molar-refractivity contribution in [1.29, 1.82) is 0 Å². The highest BCUT2D eigenvalue weighted by Crippen LogP contribution is 2.24. The van der Waals surface area contributed by atoms with E-state index in [4.69, 9.17) is 0 Å². The van der Waals surface area contributed by atoms with Crippen LogP contribution in [0.3, 0.4) is 0 Å². The average Bonchev–Trinajstić information content (AvgIpc) is 2.90. The van der Waals surface area contributed by atoms with Gasteiger partial charge in [-0.05, 0) is 23.1 Å². The van der Waals surface area contributed by atoms with Gasteiger partial charge in [0.2, 0.25) is 0 Å². The molecule has 3 rings (SSSR count). The standard InChI is InChI=1S/C13H11NOS/c15-13-12-6-2-1-4-10(12)8-14(13)9-11-5-3-7-16-11/h1-7H,8-9H2. The molecule has 0 atom stereocenters. The van der Waals surface area contributed by atoms with E-state index in [1.807, 2.05) is 40.6 Å². The lowest BCUT2D eigenvalue weighted by molar-refractivity contribution is 0.0768. The van der Waals surface area contributed by atoms with Crippen molar-refractivity contribution in [2.45, 2.75) is 13.1 Å². The summed E-state index contributed by atoms with van der Waals surface area (Å²) in [5.74, 6) is 0.156. The van der Waals surface area contributed by atoms with E-state index in [-0.39, 0.29) is 5.91 Å². The Morgan fingerprint density at radius 1 is 1.19 bits per heavy atom. The average molecular weight is 229 g/mol. The molecule has 0 radical (unpaired) electrons.